The van der Waals surface area contributed by atoms with E-state index in [0.717, 1.165) is 16.9 Å². The lowest BCUT2D eigenvalue weighted by molar-refractivity contribution is -0.0779. The third-order valence-corrected chi connectivity index (χ3v) is 4.21. The second-order valence-corrected chi connectivity index (χ2v) is 6.66. The molecule has 1 aromatic carbocycles. The molecular formula is C13H19NO5S. The predicted octanol–water partition coefficient (Wildman–Crippen LogP) is 1.78. The Labute approximate surface area is 119 Å². The summed E-state index contributed by atoms with van der Waals surface area (Å²) in [6, 6.07) is 4.88. The van der Waals surface area contributed by atoms with E-state index >= 15 is 0 Å². The van der Waals surface area contributed by atoms with Crippen molar-refractivity contribution in [2.45, 2.75) is 38.5 Å². The summed E-state index contributed by atoms with van der Waals surface area (Å²) in [6.45, 7) is 5.65. The van der Waals surface area contributed by atoms with E-state index in [0.29, 0.717) is 0 Å². The molecule has 1 heterocycles. The normalized spacial score (nSPS) is 22.1. The predicted molar refractivity (Wildman–Crippen MR) is 74.0 cm³/mol. The Hall–Kier alpha value is -1.15. The molecule has 2 atom stereocenters. The number of ether oxygens (including phenoxy) is 2. The molecule has 0 saturated carbocycles. The monoisotopic (exact) mass is 301 g/mol. The maximum absolute atomic E-state index is 10.9. The summed E-state index contributed by atoms with van der Waals surface area (Å²) in [4.78, 5) is 0. The quantitative estimate of drug-likeness (QED) is 0.828. The lowest BCUT2D eigenvalue weighted by atomic mass is 9.84. The third-order valence-electron chi connectivity index (χ3n) is 3.56. The Kier molecular flexibility index (Phi) is 3.81. The first-order chi connectivity index (χ1) is 9.15. The van der Waals surface area contributed by atoms with E-state index in [4.69, 9.17) is 14.0 Å². The van der Waals surface area contributed by atoms with E-state index in [2.05, 4.69) is 4.72 Å². The number of fused-ring (bicyclic) bond motifs is 1. The summed E-state index contributed by atoms with van der Waals surface area (Å²) in [6.07, 6.45) is -0.377. The van der Waals surface area contributed by atoms with E-state index in [-0.39, 0.29) is 11.7 Å². The first-order valence-electron chi connectivity index (χ1n) is 6.24. The zero-order valence-electron chi connectivity index (χ0n) is 11.9. The van der Waals surface area contributed by atoms with Gasteiger partial charge in [0.2, 0.25) is 6.29 Å². The molecule has 0 spiro atoms. The van der Waals surface area contributed by atoms with Crippen molar-refractivity contribution in [1.82, 2.24) is 4.72 Å². The summed E-state index contributed by atoms with van der Waals surface area (Å²) in [5.41, 5.74) is 1.36. The Morgan fingerprint density at radius 1 is 1.45 bits per heavy atom. The van der Waals surface area contributed by atoms with Crippen molar-refractivity contribution in [2.24, 2.45) is 0 Å². The van der Waals surface area contributed by atoms with Gasteiger partial charge in [0.25, 0.3) is 0 Å². The van der Waals surface area contributed by atoms with Crippen molar-refractivity contribution in [2.75, 3.05) is 7.11 Å². The maximum atomic E-state index is 10.9. The van der Waals surface area contributed by atoms with E-state index in [9.17, 15) is 8.42 Å². The first-order valence-corrected chi connectivity index (χ1v) is 7.68. The molecule has 0 bridgehead atoms. The van der Waals surface area contributed by atoms with Crippen LogP contribution in [0.3, 0.4) is 0 Å². The van der Waals surface area contributed by atoms with Gasteiger partial charge in [-0.15, -0.1) is 0 Å². The number of methoxy groups -OCH3 is 1. The molecule has 6 nitrogen and oxygen atoms in total. The highest BCUT2D eigenvalue weighted by atomic mass is 32.2. The lowest BCUT2D eigenvalue weighted by Gasteiger charge is -2.24. The second-order valence-electron chi connectivity index (χ2n) is 5.48. The fourth-order valence-electron chi connectivity index (χ4n) is 2.45. The van der Waals surface area contributed by atoms with Gasteiger partial charge in [0.15, 0.2) is 0 Å². The summed E-state index contributed by atoms with van der Waals surface area (Å²) in [5.74, 6) is 0.727. The maximum Gasteiger partial charge on any atom is 0.333 e. The lowest BCUT2D eigenvalue weighted by Crippen LogP contribution is -2.33. The number of benzene rings is 1. The Morgan fingerprint density at radius 3 is 2.65 bits per heavy atom. The van der Waals surface area contributed by atoms with Crippen LogP contribution < -0.4 is 9.46 Å². The molecular weight excluding hydrogens is 282 g/mol. The SMILES string of the molecule is COC1Oc2ccc(C(C)NS(=O)(=O)O)cc2C1(C)C. The fourth-order valence-corrected chi connectivity index (χ4v) is 3.03. The minimum absolute atomic E-state index is 0.335. The molecule has 112 valence electrons. The van der Waals surface area contributed by atoms with E-state index < -0.39 is 16.3 Å². The van der Waals surface area contributed by atoms with Crippen molar-refractivity contribution in [1.29, 1.82) is 0 Å². The number of nitrogens with one attached hydrogen (secondary N) is 1. The van der Waals surface area contributed by atoms with Crippen LogP contribution in [-0.2, 0) is 20.5 Å². The van der Waals surface area contributed by atoms with Crippen LogP contribution >= 0.6 is 0 Å². The molecule has 7 heteroatoms. The van der Waals surface area contributed by atoms with Crippen molar-refractivity contribution in [3.8, 4) is 5.75 Å². The van der Waals surface area contributed by atoms with Crippen molar-refractivity contribution < 1.29 is 22.4 Å². The van der Waals surface area contributed by atoms with Crippen LogP contribution in [0.2, 0.25) is 0 Å². The topological polar surface area (TPSA) is 84.9 Å². The molecule has 2 rings (SSSR count). The van der Waals surface area contributed by atoms with Gasteiger partial charge in [-0.3, -0.25) is 4.55 Å². The fraction of sp³-hybridized carbons (Fsp3) is 0.538. The minimum Gasteiger partial charge on any atom is -0.464 e. The molecule has 0 aromatic heterocycles. The zero-order chi connectivity index (χ0) is 15.1. The zero-order valence-corrected chi connectivity index (χ0v) is 12.7. The highest BCUT2D eigenvalue weighted by molar-refractivity contribution is 7.83. The average molecular weight is 301 g/mol. The van der Waals surface area contributed by atoms with Crippen LogP contribution in [0.4, 0.5) is 0 Å². The van der Waals surface area contributed by atoms with Gasteiger partial charge in [-0.25, -0.2) is 0 Å². The molecule has 0 saturated heterocycles. The van der Waals surface area contributed by atoms with Crippen molar-refractivity contribution in [3.05, 3.63) is 29.3 Å². The Balaban J connectivity index is 2.35. The minimum atomic E-state index is -4.24. The molecule has 1 aliphatic rings. The van der Waals surface area contributed by atoms with E-state index in [1.807, 2.05) is 19.9 Å². The van der Waals surface area contributed by atoms with Gasteiger partial charge in [0.05, 0.1) is 5.41 Å². The molecule has 0 fully saturated rings. The summed E-state index contributed by atoms with van der Waals surface area (Å²) < 4.78 is 43.7. The van der Waals surface area contributed by atoms with Gasteiger partial charge < -0.3 is 9.47 Å². The second kappa shape index (κ2) is 5.00. The smallest absolute Gasteiger partial charge is 0.333 e. The van der Waals surface area contributed by atoms with Crippen LogP contribution in [0, 0.1) is 0 Å². The van der Waals surface area contributed by atoms with Crippen LogP contribution in [0.1, 0.15) is 37.9 Å². The van der Waals surface area contributed by atoms with Crippen molar-refractivity contribution in [3.63, 3.8) is 0 Å². The molecule has 1 aliphatic heterocycles. The standard InChI is InChI=1S/C13H19NO5S/c1-8(14-20(15,16)17)9-5-6-11-10(7-9)13(2,3)12(18-4)19-11/h5-8,12,14H,1-4H3,(H,15,16,17). The van der Waals surface area contributed by atoms with Gasteiger partial charge in [-0.2, -0.15) is 13.1 Å². The summed E-state index contributed by atoms with van der Waals surface area (Å²) >= 11 is 0. The summed E-state index contributed by atoms with van der Waals surface area (Å²) in [7, 11) is -2.65. The largest absolute Gasteiger partial charge is 0.464 e. The van der Waals surface area contributed by atoms with E-state index in [1.54, 1.807) is 26.2 Å². The first kappa shape index (κ1) is 15.2. The summed E-state index contributed by atoms with van der Waals surface area (Å²) in [5, 5.41) is 0. The van der Waals surface area contributed by atoms with Gasteiger partial charge >= 0.3 is 10.3 Å². The number of rotatable bonds is 4. The van der Waals surface area contributed by atoms with Crippen LogP contribution in [0.15, 0.2) is 18.2 Å². The Bertz CT molecular complexity index is 611. The van der Waals surface area contributed by atoms with Gasteiger partial charge in [0, 0.05) is 18.7 Å². The molecule has 1 aromatic rings. The molecule has 0 radical (unpaired) electrons. The highest BCUT2D eigenvalue weighted by Gasteiger charge is 2.42. The number of hydrogen-bond donors (Lipinski definition) is 2. The van der Waals surface area contributed by atoms with Gasteiger partial charge in [0.1, 0.15) is 5.75 Å². The molecule has 20 heavy (non-hydrogen) atoms. The molecule has 0 amide bonds. The van der Waals surface area contributed by atoms with Crippen LogP contribution in [0.25, 0.3) is 0 Å². The molecule has 2 N–H and O–H groups in total. The van der Waals surface area contributed by atoms with Gasteiger partial charge in [-0.05, 0) is 38.5 Å². The third kappa shape index (κ3) is 2.80. The number of hydrogen-bond acceptors (Lipinski definition) is 4. The van der Waals surface area contributed by atoms with Crippen molar-refractivity contribution >= 4 is 10.3 Å². The average Bonchev–Trinajstić information content (AvgIpc) is 2.58. The van der Waals surface area contributed by atoms with E-state index in [1.165, 1.54) is 0 Å². The Morgan fingerprint density at radius 2 is 2.10 bits per heavy atom. The van der Waals surface area contributed by atoms with Crippen LogP contribution in [-0.4, -0.2) is 26.4 Å². The van der Waals surface area contributed by atoms with Gasteiger partial charge in [-0.1, -0.05) is 6.07 Å². The molecule has 0 aliphatic carbocycles. The van der Waals surface area contributed by atoms with Crippen LogP contribution in [0.5, 0.6) is 5.75 Å². The highest BCUT2D eigenvalue weighted by Crippen LogP contribution is 2.43. The molecule has 2 unspecified atom stereocenters.